The van der Waals surface area contributed by atoms with Crippen LogP contribution in [0.3, 0.4) is 0 Å². The second-order valence-corrected chi connectivity index (χ2v) is 3.13. The van der Waals surface area contributed by atoms with Crippen molar-refractivity contribution < 1.29 is 4.55 Å². The van der Waals surface area contributed by atoms with Crippen molar-refractivity contribution in [2.75, 3.05) is 0 Å². The minimum Gasteiger partial charge on any atom is -0.312 e. The minimum atomic E-state index is -0.216. The Hall–Kier alpha value is -1.26. The standard InChI is InChI=1S/C9H7NO2S/c11-9-6-5-7-3-1-2-4-8(7)10(9)13-12/h1-6,12H. The van der Waals surface area contributed by atoms with Crippen molar-refractivity contribution in [1.82, 2.24) is 3.97 Å². The number of hydrogen-bond donors (Lipinski definition) is 1. The number of fused-ring (bicyclic) bond motifs is 1. The number of pyridine rings is 1. The van der Waals surface area contributed by atoms with Gasteiger partial charge in [0.25, 0.3) is 5.56 Å². The Morgan fingerprint density at radius 1 is 1.15 bits per heavy atom. The Balaban J connectivity index is 2.92. The van der Waals surface area contributed by atoms with Crippen LogP contribution in [0.1, 0.15) is 0 Å². The normalized spacial score (nSPS) is 10.5. The van der Waals surface area contributed by atoms with Crippen LogP contribution < -0.4 is 5.56 Å². The zero-order valence-corrected chi connectivity index (χ0v) is 7.49. The fourth-order valence-electron chi connectivity index (χ4n) is 1.25. The maximum atomic E-state index is 11.2. The highest BCUT2D eigenvalue weighted by Crippen LogP contribution is 2.13. The topological polar surface area (TPSA) is 42.2 Å². The molecule has 4 heteroatoms. The van der Waals surface area contributed by atoms with Crippen LogP contribution in [-0.2, 0) is 0 Å². The first-order chi connectivity index (χ1) is 6.33. The van der Waals surface area contributed by atoms with E-state index in [1.54, 1.807) is 12.1 Å². The first-order valence-corrected chi connectivity index (χ1v) is 4.48. The molecular weight excluding hydrogens is 186 g/mol. The molecule has 0 saturated carbocycles. The molecule has 3 nitrogen and oxygen atoms in total. The van der Waals surface area contributed by atoms with Crippen LogP contribution in [0.15, 0.2) is 41.2 Å². The maximum Gasteiger partial charge on any atom is 0.262 e. The number of nitrogens with zero attached hydrogens (tertiary/aromatic N) is 1. The molecule has 0 bridgehead atoms. The summed E-state index contributed by atoms with van der Waals surface area (Å²) in [5, 5.41) is 0.934. The summed E-state index contributed by atoms with van der Waals surface area (Å²) < 4.78 is 10.1. The van der Waals surface area contributed by atoms with Crippen molar-refractivity contribution in [1.29, 1.82) is 0 Å². The van der Waals surface area contributed by atoms with Crippen LogP contribution >= 0.6 is 12.2 Å². The summed E-state index contributed by atoms with van der Waals surface area (Å²) in [6.07, 6.45) is 0. The lowest BCUT2D eigenvalue weighted by atomic mass is 10.2. The lowest BCUT2D eigenvalue weighted by molar-refractivity contribution is 0.656. The average Bonchev–Trinajstić information content (AvgIpc) is 2.18. The third-order valence-electron chi connectivity index (χ3n) is 1.84. The highest BCUT2D eigenvalue weighted by molar-refractivity contribution is 7.92. The summed E-state index contributed by atoms with van der Waals surface area (Å²) in [4.78, 5) is 11.2. The van der Waals surface area contributed by atoms with Crippen LogP contribution in [-0.4, -0.2) is 8.53 Å². The first-order valence-electron chi connectivity index (χ1n) is 3.75. The molecule has 0 aliphatic carbocycles. The maximum absolute atomic E-state index is 11.2. The van der Waals surface area contributed by atoms with Crippen LogP contribution in [0.5, 0.6) is 0 Å². The lowest BCUT2D eigenvalue weighted by Gasteiger charge is -2.03. The highest BCUT2D eigenvalue weighted by Gasteiger charge is 2.00. The van der Waals surface area contributed by atoms with Crippen molar-refractivity contribution in [3.63, 3.8) is 0 Å². The largest absolute Gasteiger partial charge is 0.312 e. The molecule has 0 radical (unpaired) electrons. The Morgan fingerprint density at radius 3 is 2.69 bits per heavy atom. The summed E-state index contributed by atoms with van der Waals surface area (Å²) in [5.41, 5.74) is 0.508. The quantitative estimate of drug-likeness (QED) is 0.704. The van der Waals surface area contributed by atoms with Gasteiger partial charge in [-0.3, -0.25) is 4.79 Å². The predicted molar refractivity (Wildman–Crippen MR) is 53.8 cm³/mol. The fourth-order valence-corrected chi connectivity index (χ4v) is 1.64. The Morgan fingerprint density at radius 2 is 1.92 bits per heavy atom. The van der Waals surface area contributed by atoms with Gasteiger partial charge in [-0.1, -0.05) is 18.2 Å². The van der Waals surface area contributed by atoms with Crippen molar-refractivity contribution in [2.45, 2.75) is 0 Å². The summed E-state index contributed by atoms with van der Waals surface area (Å²) in [6.45, 7) is 0. The number of benzene rings is 1. The molecule has 2 rings (SSSR count). The van der Waals surface area contributed by atoms with Crippen LogP contribution in [0.2, 0.25) is 0 Å². The molecule has 1 aromatic carbocycles. The van der Waals surface area contributed by atoms with E-state index in [-0.39, 0.29) is 5.56 Å². The zero-order chi connectivity index (χ0) is 9.26. The molecule has 0 amide bonds. The van der Waals surface area contributed by atoms with Gasteiger partial charge < -0.3 is 4.55 Å². The molecule has 0 aliphatic heterocycles. The van der Waals surface area contributed by atoms with Gasteiger partial charge in [-0.15, -0.1) is 0 Å². The van der Waals surface area contributed by atoms with Gasteiger partial charge in [0.05, 0.1) is 5.52 Å². The summed E-state index contributed by atoms with van der Waals surface area (Å²) in [7, 11) is 0. The van der Waals surface area contributed by atoms with E-state index in [2.05, 4.69) is 0 Å². The number of hydrogen-bond acceptors (Lipinski definition) is 3. The van der Waals surface area contributed by atoms with Crippen LogP contribution in [0.4, 0.5) is 0 Å². The number of aromatic nitrogens is 1. The number of para-hydroxylation sites is 1. The minimum absolute atomic E-state index is 0.216. The van der Waals surface area contributed by atoms with Gasteiger partial charge in [0, 0.05) is 6.07 Å². The van der Waals surface area contributed by atoms with E-state index in [0.29, 0.717) is 12.2 Å². The average molecular weight is 193 g/mol. The van der Waals surface area contributed by atoms with E-state index in [4.69, 9.17) is 4.55 Å². The molecule has 0 spiro atoms. The third-order valence-corrected chi connectivity index (χ3v) is 2.38. The van der Waals surface area contributed by atoms with Crippen molar-refractivity contribution in [3.8, 4) is 0 Å². The molecular formula is C9H7NO2S. The molecule has 1 heterocycles. The summed E-state index contributed by atoms with van der Waals surface area (Å²) in [6, 6.07) is 10.6. The van der Waals surface area contributed by atoms with Crippen LogP contribution in [0.25, 0.3) is 10.9 Å². The number of rotatable bonds is 1. The molecule has 0 atom stereocenters. The second-order valence-electron chi connectivity index (χ2n) is 2.61. The van der Waals surface area contributed by atoms with E-state index in [1.807, 2.05) is 18.2 Å². The van der Waals surface area contributed by atoms with Gasteiger partial charge in [0.2, 0.25) is 0 Å². The fraction of sp³-hybridized carbons (Fsp3) is 0. The molecule has 1 N–H and O–H groups in total. The van der Waals surface area contributed by atoms with Gasteiger partial charge in [-0.25, -0.2) is 3.97 Å². The predicted octanol–water partition coefficient (Wildman–Crippen LogP) is 1.97. The zero-order valence-electron chi connectivity index (χ0n) is 6.68. The van der Waals surface area contributed by atoms with E-state index in [1.165, 1.54) is 10.0 Å². The Kier molecular flexibility index (Phi) is 2.08. The smallest absolute Gasteiger partial charge is 0.262 e. The SMILES string of the molecule is O=c1ccc2ccccc2n1SO. The summed E-state index contributed by atoms with van der Waals surface area (Å²) in [5.74, 6) is 0. The highest BCUT2D eigenvalue weighted by atomic mass is 32.2. The van der Waals surface area contributed by atoms with Crippen LogP contribution in [0, 0.1) is 0 Å². The molecule has 13 heavy (non-hydrogen) atoms. The molecule has 66 valence electrons. The van der Waals surface area contributed by atoms with E-state index < -0.39 is 0 Å². The van der Waals surface area contributed by atoms with Crippen molar-refractivity contribution >= 4 is 23.1 Å². The molecule has 0 fully saturated rings. The lowest BCUT2D eigenvalue weighted by Crippen LogP contribution is -2.12. The molecule has 0 saturated heterocycles. The molecule has 1 aromatic heterocycles. The third kappa shape index (κ3) is 1.34. The van der Waals surface area contributed by atoms with Gasteiger partial charge >= 0.3 is 0 Å². The first kappa shape index (κ1) is 8.34. The Labute approximate surface area is 79.0 Å². The molecule has 2 aromatic rings. The molecule has 0 aliphatic rings. The van der Waals surface area contributed by atoms with E-state index >= 15 is 0 Å². The second kappa shape index (κ2) is 3.24. The van der Waals surface area contributed by atoms with E-state index in [0.717, 1.165) is 10.9 Å². The Bertz CT molecular complexity index is 492. The van der Waals surface area contributed by atoms with E-state index in [9.17, 15) is 4.79 Å². The van der Waals surface area contributed by atoms with Gasteiger partial charge in [0.1, 0.15) is 12.2 Å². The summed E-state index contributed by atoms with van der Waals surface area (Å²) >= 11 is 0.429. The van der Waals surface area contributed by atoms with Crippen molar-refractivity contribution in [3.05, 3.63) is 46.8 Å². The monoisotopic (exact) mass is 193 g/mol. The van der Waals surface area contributed by atoms with Gasteiger partial charge in [-0.05, 0) is 17.5 Å². The van der Waals surface area contributed by atoms with Crippen molar-refractivity contribution in [2.24, 2.45) is 0 Å². The van der Waals surface area contributed by atoms with Gasteiger partial charge in [0.15, 0.2) is 0 Å². The van der Waals surface area contributed by atoms with Gasteiger partial charge in [-0.2, -0.15) is 0 Å². The molecule has 0 unspecified atom stereocenters.